The molecule has 0 saturated heterocycles. The Bertz CT molecular complexity index is 1280. The number of nitrogens with zero attached hydrogens (tertiary/aromatic N) is 1. The Morgan fingerprint density at radius 1 is 0.706 bits per heavy atom. The molecule has 34 heavy (non-hydrogen) atoms. The molecule has 0 aliphatic rings. The monoisotopic (exact) mass is 500 g/mol. The van der Waals surface area contributed by atoms with Crippen LogP contribution in [0.25, 0.3) is 11.5 Å². The van der Waals surface area contributed by atoms with Crippen LogP contribution in [0.3, 0.4) is 0 Å². The lowest BCUT2D eigenvalue weighted by Gasteiger charge is -2.25. The van der Waals surface area contributed by atoms with Crippen LogP contribution < -0.4 is 21.3 Å². The topological polar surface area (TPSA) is 26.0 Å². The molecule has 168 valence electrons. The van der Waals surface area contributed by atoms with E-state index in [1.54, 1.807) is 11.8 Å². The molecule has 5 heteroatoms. The summed E-state index contributed by atoms with van der Waals surface area (Å²) in [7, 11) is -2.36. The highest BCUT2D eigenvalue weighted by atomic mass is 35.5. The van der Waals surface area contributed by atoms with Crippen molar-refractivity contribution in [2.45, 2.75) is 12.0 Å². The third-order valence-corrected chi connectivity index (χ3v) is 11.2. The maximum absolute atomic E-state index is 6.56. The van der Waals surface area contributed by atoms with Gasteiger partial charge in [0.1, 0.15) is 15.9 Å². The Labute approximate surface area is 210 Å². The van der Waals surface area contributed by atoms with Gasteiger partial charge in [0.2, 0.25) is 11.0 Å². The molecule has 1 aromatic heterocycles. The number of rotatable bonds is 7. The van der Waals surface area contributed by atoms with Crippen LogP contribution in [0.2, 0.25) is 5.02 Å². The van der Waals surface area contributed by atoms with E-state index in [1.807, 2.05) is 24.3 Å². The number of aromatic nitrogens is 1. The number of thioether (sulfide) groups is 1. The smallest absolute Gasteiger partial charge is 0.251 e. The van der Waals surface area contributed by atoms with Crippen molar-refractivity contribution in [1.29, 1.82) is 0 Å². The molecule has 1 heterocycles. The third-order valence-electron chi connectivity index (χ3n) is 5.71. The lowest BCUT2D eigenvalue weighted by Crippen LogP contribution is -2.40. The van der Waals surface area contributed by atoms with Crippen LogP contribution in [0, 0.1) is 0 Å². The number of hydrogen-bond acceptors (Lipinski definition) is 3. The molecule has 2 nitrogen and oxygen atoms in total. The average molecular weight is 501 g/mol. The van der Waals surface area contributed by atoms with E-state index >= 15 is 0 Å². The van der Waals surface area contributed by atoms with Gasteiger partial charge < -0.3 is 4.42 Å². The summed E-state index contributed by atoms with van der Waals surface area (Å²) in [6, 6.07) is 39.9. The summed E-state index contributed by atoms with van der Waals surface area (Å²) in [5.74, 6) is 1.44. The summed E-state index contributed by atoms with van der Waals surface area (Å²) < 4.78 is 6.49. The second kappa shape index (κ2) is 10.2. The summed E-state index contributed by atoms with van der Waals surface area (Å²) in [4.78, 5) is 5.24. The number of benzene rings is 4. The molecular formula is C29H24ClNOPS+. The first-order valence-electron chi connectivity index (χ1n) is 11.2. The zero-order valence-electron chi connectivity index (χ0n) is 18.8. The predicted octanol–water partition coefficient (Wildman–Crippen LogP) is 6.73. The van der Waals surface area contributed by atoms with Gasteiger partial charge in [-0.3, -0.25) is 0 Å². The van der Waals surface area contributed by atoms with Gasteiger partial charge >= 0.3 is 0 Å². The van der Waals surface area contributed by atoms with Crippen LogP contribution in [0.5, 0.6) is 0 Å². The molecule has 0 spiro atoms. The van der Waals surface area contributed by atoms with E-state index in [9.17, 15) is 0 Å². The van der Waals surface area contributed by atoms with Crippen molar-refractivity contribution < 1.29 is 4.42 Å². The lowest BCUT2D eigenvalue weighted by molar-refractivity contribution is 0.487. The molecule has 5 rings (SSSR count). The van der Waals surface area contributed by atoms with Crippen molar-refractivity contribution in [1.82, 2.24) is 4.98 Å². The van der Waals surface area contributed by atoms with Gasteiger partial charge in [0.15, 0.2) is 7.26 Å². The van der Waals surface area contributed by atoms with Crippen LogP contribution >= 0.6 is 30.6 Å². The molecule has 5 aromatic rings. The average Bonchev–Trinajstić information content (AvgIpc) is 3.31. The third kappa shape index (κ3) is 4.09. The van der Waals surface area contributed by atoms with Crippen LogP contribution in [-0.4, -0.2) is 10.7 Å². The molecular weight excluding hydrogens is 477 g/mol. The van der Waals surface area contributed by atoms with Crippen LogP contribution in [0.4, 0.5) is 0 Å². The molecule has 0 aliphatic heterocycles. The molecule has 0 amide bonds. The Morgan fingerprint density at radius 3 is 1.65 bits per heavy atom. The highest BCUT2D eigenvalue weighted by molar-refractivity contribution is 8.04. The molecule has 0 fully saturated rings. The second-order valence-corrected chi connectivity index (χ2v) is 12.7. The van der Waals surface area contributed by atoms with Crippen molar-refractivity contribution in [3.63, 3.8) is 0 Å². The first-order valence-corrected chi connectivity index (χ1v) is 14.4. The van der Waals surface area contributed by atoms with Gasteiger partial charge in [0.05, 0.1) is 10.6 Å². The molecule has 0 atom stereocenters. The zero-order valence-corrected chi connectivity index (χ0v) is 21.2. The molecule has 0 aliphatic carbocycles. The van der Waals surface area contributed by atoms with E-state index in [-0.39, 0.29) is 0 Å². The Kier molecular flexibility index (Phi) is 6.87. The maximum Gasteiger partial charge on any atom is 0.251 e. The van der Waals surface area contributed by atoms with E-state index < -0.39 is 7.26 Å². The minimum atomic E-state index is -2.36. The summed E-state index contributed by atoms with van der Waals surface area (Å²) in [6.07, 6.45) is 0. The van der Waals surface area contributed by atoms with Crippen LogP contribution in [-0.2, 0) is 0 Å². The maximum atomic E-state index is 6.56. The van der Waals surface area contributed by atoms with Gasteiger partial charge in [-0.25, -0.2) is 0 Å². The van der Waals surface area contributed by atoms with Gasteiger partial charge in [-0.15, -0.1) is 0 Å². The first-order chi connectivity index (χ1) is 16.7. The van der Waals surface area contributed by atoms with Crippen LogP contribution in [0.15, 0.2) is 125 Å². The lowest BCUT2D eigenvalue weighted by atomic mass is 10.2. The van der Waals surface area contributed by atoms with Gasteiger partial charge in [-0.05, 0) is 54.3 Å². The van der Waals surface area contributed by atoms with Gasteiger partial charge in [-0.2, -0.15) is 4.98 Å². The molecule has 0 bridgehead atoms. The molecule has 0 saturated carbocycles. The fourth-order valence-electron chi connectivity index (χ4n) is 4.25. The highest BCUT2D eigenvalue weighted by Crippen LogP contribution is 2.56. The van der Waals surface area contributed by atoms with Crippen molar-refractivity contribution >= 4 is 52.0 Å². The van der Waals surface area contributed by atoms with Gasteiger partial charge in [0, 0.05) is 0 Å². The minimum Gasteiger partial charge on any atom is -0.425 e. The Morgan fingerprint density at radius 2 is 1.18 bits per heavy atom. The fraction of sp³-hybridized carbons (Fsp3) is 0.0690. The summed E-state index contributed by atoms with van der Waals surface area (Å²) in [5.41, 5.74) is 1.79. The van der Waals surface area contributed by atoms with E-state index in [4.69, 9.17) is 21.0 Å². The van der Waals surface area contributed by atoms with Crippen molar-refractivity contribution in [3.8, 4) is 11.5 Å². The number of oxazole rings is 1. The fourth-order valence-corrected chi connectivity index (χ4v) is 9.70. The second-order valence-electron chi connectivity index (χ2n) is 7.72. The van der Waals surface area contributed by atoms with Gasteiger partial charge in [-0.1, -0.05) is 97.0 Å². The van der Waals surface area contributed by atoms with E-state index in [1.165, 1.54) is 15.9 Å². The van der Waals surface area contributed by atoms with Crippen molar-refractivity contribution in [2.24, 2.45) is 0 Å². The summed E-state index contributed by atoms with van der Waals surface area (Å²) in [5, 5.41) is 5.20. The highest BCUT2D eigenvalue weighted by Gasteiger charge is 2.52. The molecule has 0 unspecified atom stereocenters. The standard InChI is InChI=1S/C29H24ClNOPS/c1-2-34-29-28(31-27(32-29)25-20-12-13-21-26(25)30)33(22-14-6-3-7-15-22,23-16-8-4-9-17-23)24-18-10-5-11-19-24/h3-21H,2H2,1H3/q+1. The molecule has 0 N–H and O–H groups in total. The SMILES string of the molecule is CCSc1oc(-c2ccccc2Cl)nc1[P+](c1ccccc1)(c1ccccc1)c1ccccc1. The van der Waals surface area contributed by atoms with E-state index in [0.29, 0.717) is 10.9 Å². The minimum absolute atomic E-state index is 0.559. The predicted molar refractivity (Wildman–Crippen MR) is 148 cm³/mol. The zero-order chi connectivity index (χ0) is 23.4. The first kappa shape index (κ1) is 22.9. The largest absolute Gasteiger partial charge is 0.425 e. The van der Waals surface area contributed by atoms with Crippen LogP contribution in [0.1, 0.15) is 6.92 Å². The van der Waals surface area contributed by atoms with Crippen molar-refractivity contribution in [3.05, 3.63) is 120 Å². The number of halogens is 1. The van der Waals surface area contributed by atoms with E-state index in [0.717, 1.165) is 21.8 Å². The van der Waals surface area contributed by atoms with Gasteiger partial charge in [0.25, 0.3) is 5.44 Å². The normalized spacial score (nSPS) is 11.5. The number of hydrogen-bond donors (Lipinski definition) is 0. The summed E-state index contributed by atoms with van der Waals surface area (Å²) >= 11 is 8.25. The Balaban J connectivity index is 1.89. The molecule has 4 aromatic carbocycles. The molecule has 0 radical (unpaired) electrons. The van der Waals surface area contributed by atoms with E-state index in [2.05, 4.69) is 97.9 Å². The summed E-state index contributed by atoms with van der Waals surface area (Å²) in [6.45, 7) is 2.14. The Hall–Kier alpha value is -2.84. The van der Waals surface area contributed by atoms with Crippen molar-refractivity contribution in [2.75, 3.05) is 5.75 Å². The quantitative estimate of drug-likeness (QED) is 0.183.